The van der Waals surface area contributed by atoms with E-state index in [1.807, 2.05) is 6.92 Å². The highest BCUT2D eigenvalue weighted by molar-refractivity contribution is 5.91. The minimum absolute atomic E-state index is 0.00949. The van der Waals surface area contributed by atoms with E-state index in [1.165, 1.54) is 18.2 Å². The van der Waals surface area contributed by atoms with Gasteiger partial charge in [0.05, 0.1) is 6.34 Å². The van der Waals surface area contributed by atoms with E-state index in [2.05, 4.69) is 4.99 Å². The molecule has 0 aromatic rings. The van der Waals surface area contributed by atoms with Crippen molar-refractivity contribution >= 4 is 18.2 Å². The Bertz CT molecular complexity index is 283. The molecule has 0 aliphatic carbocycles. The van der Waals surface area contributed by atoms with Crippen molar-refractivity contribution in [2.24, 2.45) is 4.99 Å². The fourth-order valence-electron chi connectivity index (χ4n) is 1.63. The summed E-state index contributed by atoms with van der Waals surface area (Å²) in [7, 11) is 0. The zero-order valence-corrected chi connectivity index (χ0v) is 9.98. The molecular weight excluding hydrogens is 206 g/mol. The molecule has 2 amide bonds. The second-order valence-electron chi connectivity index (χ2n) is 3.85. The number of hydrogen-bond donors (Lipinski definition) is 0. The molecule has 0 bridgehead atoms. The maximum absolute atomic E-state index is 11.8. The third kappa shape index (κ3) is 3.64. The Morgan fingerprint density at radius 3 is 2.50 bits per heavy atom. The maximum atomic E-state index is 11.8. The lowest BCUT2D eigenvalue weighted by Crippen LogP contribution is -2.40. The predicted octanol–water partition coefficient (Wildman–Crippen LogP) is 0.505. The van der Waals surface area contributed by atoms with Crippen molar-refractivity contribution in [3.63, 3.8) is 0 Å². The molecule has 5 nitrogen and oxygen atoms in total. The van der Waals surface area contributed by atoms with E-state index in [1.54, 1.807) is 4.90 Å². The van der Waals surface area contributed by atoms with Gasteiger partial charge in [-0.25, -0.2) is 0 Å². The Morgan fingerprint density at radius 2 is 2.00 bits per heavy atom. The molecule has 0 aromatic heterocycles. The Hall–Kier alpha value is -1.39. The van der Waals surface area contributed by atoms with Crippen LogP contribution in [0.15, 0.2) is 4.99 Å². The zero-order chi connectivity index (χ0) is 12.0. The van der Waals surface area contributed by atoms with Crippen LogP contribution in [0.3, 0.4) is 0 Å². The molecule has 0 atom stereocenters. The molecule has 1 rings (SSSR count). The number of nitrogens with zero attached hydrogens (tertiary/aromatic N) is 3. The van der Waals surface area contributed by atoms with Crippen LogP contribution in [0, 0.1) is 0 Å². The quantitative estimate of drug-likeness (QED) is 0.517. The van der Waals surface area contributed by atoms with E-state index in [4.69, 9.17) is 0 Å². The minimum atomic E-state index is -0.148. The Kier molecular flexibility index (Phi) is 4.95. The molecule has 1 heterocycles. The van der Waals surface area contributed by atoms with Crippen molar-refractivity contribution in [3.8, 4) is 0 Å². The molecule has 1 aliphatic heterocycles. The number of likely N-dealkylation sites (tertiary alicyclic amines) is 1. The monoisotopic (exact) mass is 225 g/mol. The van der Waals surface area contributed by atoms with Crippen molar-refractivity contribution in [1.29, 1.82) is 0 Å². The molecule has 1 saturated heterocycles. The molecule has 0 unspecified atom stereocenters. The Balaban J connectivity index is 2.50. The third-order valence-corrected chi connectivity index (χ3v) is 2.57. The second kappa shape index (κ2) is 6.25. The number of rotatable bonds is 4. The van der Waals surface area contributed by atoms with Crippen molar-refractivity contribution in [1.82, 2.24) is 9.80 Å². The molecule has 0 aromatic carbocycles. The van der Waals surface area contributed by atoms with E-state index in [0.29, 0.717) is 6.54 Å². The van der Waals surface area contributed by atoms with Gasteiger partial charge in [0.2, 0.25) is 11.8 Å². The summed E-state index contributed by atoms with van der Waals surface area (Å²) >= 11 is 0. The lowest BCUT2D eigenvalue weighted by molar-refractivity contribution is -0.135. The minimum Gasteiger partial charge on any atom is -0.341 e. The van der Waals surface area contributed by atoms with E-state index >= 15 is 0 Å². The van der Waals surface area contributed by atoms with Gasteiger partial charge >= 0.3 is 0 Å². The normalized spacial score (nSPS) is 15.8. The molecule has 5 heteroatoms. The van der Waals surface area contributed by atoms with Gasteiger partial charge in [0.1, 0.15) is 6.54 Å². The highest BCUT2D eigenvalue weighted by Crippen LogP contribution is 2.07. The standard InChI is InChI=1S/C11H19N3O2/c1-3-12-9-14(10(2)15)8-11(16)13-6-4-5-7-13/h9H,3-8H2,1-2H3. The lowest BCUT2D eigenvalue weighted by atomic mass is 10.4. The second-order valence-corrected chi connectivity index (χ2v) is 3.85. The molecule has 0 spiro atoms. The first-order chi connectivity index (χ1) is 7.65. The van der Waals surface area contributed by atoms with E-state index in [9.17, 15) is 9.59 Å². The first-order valence-electron chi connectivity index (χ1n) is 5.70. The summed E-state index contributed by atoms with van der Waals surface area (Å²) in [5.41, 5.74) is 0. The molecule has 0 radical (unpaired) electrons. The summed E-state index contributed by atoms with van der Waals surface area (Å²) < 4.78 is 0. The van der Waals surface area contributed by atoms with Crippen LogP contribution < -0.4 is 0 Å². The predicted molar refractivity (Wildman–Crippen MR) is 62.2 cm³/mol. The molecular formula is C11H19N3O2. The summed E-state index contributed by atoms with van der Waals surface area (Å²) in [5.74, 6) is -0.139. The third-order valence-electron chi connectivity index (χ3n) is 2.57. The SMILES string of the molecule is CCN=CN(CC(=O)N1CCCC1)C(C)=O. The van der Waals surface area contributed by atoms with Gasteiger partial charge < -0.3 is 4.90 Å². The van der Waals surface area contributed by atoms with Crippen LogP contribution >= 0.6 is 0 Å². The molecule has 16 heavy (non-hydrogen) atoms. The number of carbonyl (C=O) groups is 2. The topological polar surface area (TPSA) is 53.0 Å². The first-order valence-corrected chi connectivity index (χ1v) is 5.70. The van der Waals surface area contributed by atoms with Crippen LogP contribution in [-0.2, 0) is 9.59 Å². The van der Waals surface area contributed by atoms with E-state index in [-0.39, 0.29) is 18.4 Å². The Morgan fingerprint density at radius 1 is 1.38 bits per heavy atom. The highest BCUT2D eigenvalue weighted by Gasteiger charge is 2.20. The average Bonchev–Trinajstić information content (AvgIpc) is 2.76. The fraction of sp³-hybridized carbons (Fsp3) is 0.727. The largest absolute Gasteiger partial charge is 0.341 e. The van der Waals surface area contributed by atoms with Crippen LogP contribution in [0.25, 0.3) is 0 Å². The fourth-order valence-corrected chi connectivity index (χ4v) is 1.63. The van der Waals surface area contributed by atoms with Gasteiger partial charge in [0.15, 0.2) is 0 Å². The number of hydrogen-bond acceptors (Lipinski definition) is 3. The summed E-state index contributed by atoms with van der Waals surface area (Å²) in [6.07, 6.45) is 3.58. The van der Waals surface area contributed by atoms with Gasteiger partial charge in [-0.3, -0.25) is 19.5 Å². The molecule has 1 aliphatic rings. The summed E-state index contributed by atoms with van der Waals surface area (Å²) in [6.45, 7) is 5.68. The van der Waals surface area contributed by atoms with Crippen LogP contribution in [0.4, 0.5) is 0 Å². The van der Waals surface area contributed by atoms with E-state index in [0.717, 1.165) is 25.9 Å². The van der Waals surface area contributed by atoms with Gasteiger partial charge in [0, 0.05) is 26.6 Å². The highest BCUT2D eigenvalue weighted by atomic mass is 16.2. The Labute approximate surface area is 96.1 Å². The maximum Gasteiger partial charge on any atom is 0.242 e. The van der Waals surface area contributed by atoms with Crippen LogP contribution in [0.5, 0.6) is 0 Å². The molecule has 0 saturated carbocycles. The van der Waals surface area contributed by atoms with E-state index < -0.39 is 0 Å². The number of amides is 2. The molecule has 0 N–H and O–H groups in total. The van der Waals surface area contributed by atoms with Crippen molar-refractivity contribution in [2.45, 2.75) is 26.7 Å². The van der Waals surface area contributed by atoms with Crippen molar-refractivity contribution in [2.75, 3.05) is 26.2 Å². The summed E-state index contributed by atoms with van der Waals surface area (Å²) in [6, 6.07) is 0. The van der Waals surface area contributed by atoms with Crippen molar-refractivity contribution in [3.05, 3.63) is 0 Å². The van der Waals surface area contributed by atoms with Gasteiger partial charge in [-0.2, -0.15) is 0 Å². The van der Waals surface area contributed by atoms with Gasteiger partial charge in [-0.05, 0) is 19.8 Å². The van der Waals surface area contributed by atoms with Crippen molar-refractivity contribution < 1.29 is 9.59 Å². The number of aliphatic imine (C=N–C) groups is 1. The average molecular weight is 225 g/mol. The van der Waals surface area contributed by atoms with Gasteiger partial charge in [0.25, 0.3) is 0 Å². The van der Waals surface area contributed by atoms with Crippen LogP contribution in [0.2, 0.25) is 0 Å². The smallest absolute Gasteiger partial charge is 0.242 e. The molecule has 90 valence electrons. The zero-order valence-electron chi connectivity index (χ0n) is 9.98. The summed E-state index contributed by atoms with van der Waals surface area (Å²) in [4.78, 5) is 30.2. The van der Waals surface area contributed by atoms with Gasteiger partial charge in [-0.1, -0.05) is 0 Å². The van der Waals surface area contributed by atoms with Crippen LogP contribution in [0.1, 0.15) is 26.7 Å². The lowest BCUT2D eigenvalue weighted by Gasteiger charge is -2.20. The van der Waals surface area contributed by atoms with Crippen LogP contribution in [-0.4, -0.2) is 54.1 Å². The molecule has 1 fully saturated rings. The van der Waals surface area contributed by atoms with Gasteiger partial charge in [-0.15, -0.1) is 0 Å². The first kappa shape index (κ1) is 12.7. The summed E-state index contributed by atoms with van der Waals surface area (Å²) in [5, 5.41) is 0. The number of carbonyl (C=O) groups excluding carboxylic acids is 2.